The normalized spacial score (nSPS) is 14.2. The average molecular weight is 484 g/mol. The van der Waals surface area contributed by atoms with Gasteiger partial charge in [0.25, 0.3) is 0 Å². The quantitative estimate of drug-likeness (QED) is 0.394. The molecule has 0 unspecified atom stereocenters. The van der Waals surface area contributed by atoms with Crippen molar-refractivity contribution in [3.63, 3.8) is 0 Å². The molecule has 4 aromatic carbocycles. The van der Waals surface area contributed by atoms with Gasteiger partial charge < -0.3 is 0 Å². The molecule has 0 saturated heterocycles. The van der Waals surface area contributed by atoms with E-state index in [4.69, 9.17) is 11.1 Å². The van der Waals surface area contributed by atoms with E-state index >= 15 is 0 Å². The first-order valence-corrected chi connectivity index (χ1v) is 14.7. The van der Waals surface area contributed by atoms with E-state index in [0.29, 0.717) is 0 Å². The van der Waals surface area contributed by atoms with Crippen molar-refractivity contribution in [2.45, 2.75) is 0 Å². The summed E-state index contributed by atoms with van der Waals surface area (Å²) in [4.78, 5) is 4.70. The second kappa shape index (κ2) is 7.76. The third kappa shape index (κ3) is 3.42. The van der Waals surface area contributed by atoms with Crippen molar-refractivity contribution in [2.75, 3.05) is 0 Å². The van der Waals surface area contributed by atoms with Crippen LogP contribution in [0.1, 0.15) is 5.56 Å². The Bertz CT molecular complexity index is 1070. The molecule has 1 aliphatic rings. The Morgan fingerprint density at radius 1 is 0.517 bits per heavy atom. The third-order valence-electron chi connectivity index (χ3n) is 4.94. The summed E-state index contributed by atoms with van der Waals surface area (Å²) in [6.45, 7) is 0. The Morgan fingerprint density at radius 2 is 1.03 bits per heavy atom. The standard InChI is InChI=1S/C13H11NO2.2C6H5.Sn/c15-12-7-3-1-5-10(12)9-14-11-6-2-4-8-13(11)16;2*1-2-4-6-5-3-1;/h1-9,15-16H;2*1-5H;/q;;;+2/p-2. The third-order valence-corrected chi connectivity index (χ3v) is 14.1. The summed E-state index contributed by atoms with van der Waals surface area (Å²) in [5, 5.41) is 0. The number of aliphatic imine (C=N–C) groups is 1. The first-order valence-electron chi connectivity index (χ1n) is 9.56. The van der Waals surface area contributed by atoms with Crippen LogP contribution >= 0.6 is 0 Å². The molecule has 0 spiro atoms. The average Bonchev–Trinajstić information content (AvgIpc) is 2.87. The summed E-state index contributed by atoms with van der Waals surface area (Å²) < 4.78 is 16.1. The predicted molar refractivity (Wildman–Crippen MR) is 119 cm³/mol. The van der Waals surface area contributed by atoms with Gasteiger partial charge >= 0.3 is 176 Å². The van der Waals surface area contributed by atoms with Crippen molar-refractivity contribution in [1.82, 2.24) is 0 Å². The molecule has 0 atom stereocenters. The van der Waals surface area contributed by atoms with Crippen molar-refractivity contribution >= 4 is 38.3 Å². The van der Waals surface area contributed by atoms with E-state index in [1.807, 2.05) is 91.1 Å². The molecule has 3 nitrogen and oxygen atoms in total. The molecule has 1 heterocycles. The zero-order valence-electron chi connectivity index (χ0n) is 15.7. The minimum atomic E-state index is -4.14. The Balaban J connectivity index is 1.82. The number of benzene rings is 4. The van der Waals surface area contributed by atoms with Gasteiger partial charge in [-0.25, -0.2) is 0 Å². The monoisotopic (exact) mass is 485 g/mol. The molecule has 0 bridgehead atoms. The topological polar surface area (TPSA) is 30.8 Å². The summed E-state index contributed by atoms with van der Waals surface area (Å²) in [7, 11) is 0. The summed E-state index contributed by atoms with van der Waals surface area (Å²) in [5.41, 5.74) is 1.75. The molecule has 140 valence electrons. The fourth-order valence-electron chi connectivity index (χ4n) is 3.52. The molecular weight excluding hydrogens is 465 g/mol. The van der Waals surface area contributed by atoms with Gasteiger partial charge in [0.1, 0.15) is 0 Å². The van der Waals surface area contributed by atoms with E-state index in [2.05, 4.69) is 24.3 Å². The second-order valence-corrected chi connectivity index (χ2v) is 14.8. The van der Waals surface area contributed by atoms with Crippen LogP contribution in [0.2, 0.25) is 0 Å². The Labute approximate surface area is 175 Å². The summed E-state index contributed by atoms with van der Waals surface area (Å²) in [6.07, 6.45) is 1.86. The van der Waals surface area contributed by atoms with Crippen LogP contribution < -0.4 is 13.3 Å². The van der Waals surface area contributed by atoms with E-state index in [1.54, 1.807) is 0 Å². The predicted octanol–water partition coefficient (Wildman–Crippen LogP) is 4.47. The number of fused-ring (bicyclic) bond motifs is 2. The van der Waals surface area contributed by atoms with Crippen LogP contribution in [0.5, 0.6) is 11.5 Å². The Hall–Kier alpha value is -3.05. The molecule has 0 aliphatic carbocycles. The minimum absolute atomic E-state index is 0.750. The Kier molecular flexibility index (Phi) is 4.82. The molecule has 4 heteroatoms. The maximum atomic E-state index is 6.93. The van der Waals surface area contributed by atoms with Crippen LogP contribution in [0.15, 0.2) is 114 Å². The van der Waals surface area contributed by atoms with Crippen molar-refractivity contribution in [2.24, 2.45) is 4.99 Å². The fourth-order valence-corrected chi connectivity index (χ4v) is 12.3. The van der Waals surface area contributed by atoms with Gasteiger partial charge in [0.05, 0.1) is 0 Å². The van der Waals surface area contributed by atoms with Gasteiger partial charge in [0.2, 0.25) is 0 Å². The summed E-state index contributed by atoms with van der Waals surface area (Å²) in [6, 6.07) is 36.6. The maximum absolute atomic E-state index is 6.93. The summed E-state index contributed by atoms with van der Waals surface area (Å²) in [5.74, 6) is 1.55. The van der Waals surface area contributed by atoms with Crippen LogP contribution in [0, 0.1) is 0 Å². The first kappa shape index (κ1) is 18.0. The van der Waals surface area contributed by atoms with Gasteiger partial charge in [-0.3, -0.25) is 0 Å². The molecule has 0 saturated carbocycles. The Morgan fingerprint density at radius 3 is 1.72 bits per heavy atom. The van der Waals surface area contributed by atoms with Gasteiger partial charge in [0.15, 0.2) is 0 Å². The number of hydrogen-bond acceptors (Lipinski definition) is 3. The van der Waals surface area contributed by atoms with Crippen molar-refractivity contribution < 1.29 is 6.15 Å². The van der Waals surface area contributed by atoms with Gasteiger partial charge in [-0.15, -0.1) is 0 Å². The number of rotatable bonds is 2. The van der Waals surface area contributed by atoms with Gasteiger partial charge in [-0.1, -0.05) is 0 Å². The molecule has 5 rings (SSSR count). The number of nitrogens with zero attached hydrogens (tertiary/aromatic N) is 1. The van der Waals surface area contributed by atoms with Crippen molar-refractivity contribution in [1.29, 1.82) is 0 Å². The molecule has 0 amide bonds. The molecule has 0 fully saturated rings. The molecule has 0 aromatic heterocycles. The van der Waals surface area contributed by atoms with Crippen LogP contribution in [0.4, 0.5) is 5.69 Å². The van der Waals surface area contributed by atoms with Gasteiger partial charge in [0, 0.05) is 0 Å². The van der Waals surface area contributed by atoms with E-state index in [1.165, 1.54) is 0 Å². The zero-order chi connectivity index (χ0) is 19.5. The summed E-state index contributed by atoms with van der Waals surface area (Å²) >= 11 is -4.14. The molecule has 0 radical (unpaired) electrons. The fraction of sp³-hybridized carbons (Fsp3) is 0. The zero-order valence-corrected chi connectivity index (χ0v) is 18.6. The number of hydrogen-bond donors (Lipinski definition) is 0. The molecular formula is C25H19NO2Sn. The number of para-hydroxylation sites is 3. The van der Waals surface area contributed by atoms with Crippen LogP contribution in [0.3, 0.4) is 0 Å². The molecule has 0 N–H and O–H groups in total. The van der Waals surface area contributed by atoms with Crippen LogP contribution in [0.25, 0.3) is 0 Å². The second-order valence-electron chi connectivity index (χ2n) is 6.82. The van der Waals surface area contributed by atoms with Crippen molar-refractivity contribution in [3.8, 4) is 11.5 Å². The SMILES string of the molecule is C1=Nc2ccccc2[O][Sn]([c]2ccccc2)([c]2ccccc2)[O]c2ccccc21. The van der Waals surface area contributed by atoms with E-state index in [-0.39, 0.29) is 0 Å². The molecule has 29 heavy (non-hydrogen) atoms. The van der Waals surface area contributed by atoms with E-state index in [0.717, 1.165) is 29.9 Å². The van der Waals surface area contributed by atoms with Gasteiger partial charge in [-0.2, -0.15) is 0 Å². The van der Waals surface area contributed by atoms with Crippen LogP contribution in [-0.2, 0) is 0 Å². The van der Waals surface area contributed by atoms with E-state index < -0.39 is 19.2 Å². The molecule has 1 aliphatic heterocycles. The van der Waals surface area contributed by atoms with Gasteiger partial charge in [-0.05, 0) is 0 Å². The van der Waals surface area contributed by atoms with Crippen molar-refractivity contribution in [3.05, 3.63) is 115 Å². The first-order chi connectivity index (χ1) is 14.4. The van der Waals surface area contributed by atoms with E-state index in [9.17, 15) is 0 Å². The molecule has 4 aromatic rings. The van der Waals surface area contributed by atoms with Crippen LogP contribution in [-0.4, -0.2) is 25.4 Å².